The van der Waals surface area contributed by atoms with E-state index in [2.05, 4.69) is 5.32 Å². The lowest BCUT2D eigenvalue weighted by molar-refractivity contribution is -0.120. The summed E-state index contributed by atoms with van der Waals surface area (Å²) in [7, 11) is -1.96. The Morgan fingerprint density at radius 1 is 1.19 bits per heavy atom. The lowest BCUT2D eigenvalue weighted by Gasteiger charge is -2.24. The van der Waals surface area contributed by atoms with Crippen LogP contribution in [0.1, 0.15) is 30.5 Å². The number of amides is 1. The molecule has 27 heavy (non-hydrogen) atoms. The van der Waals surface area contributed by atoms with Crippen LogP contribution in [0.2, 0.25) is 0 Å². The third kappa shape index (κ3) is 5.47. The Balaban J connectivity index is 2.17. The van der Waals surface area contributed by atoms with Crippen molar-refractivity contribution in [2.45, 2.75) is 26.3 Å². The molecule has 0 aliphatic heterocycles. The summed E-state index contributed by atoms with van der Waals surface area (Å²) in [5, 5.41) is 2.93. The summed E-state index contributed by atoms with van der Waals surface area (Å²) in [6.45, 7) is 3.64. The summed E-state index contributed by atoms with van der Waals surface area (Å²) in [4.78, 5) is 12.6. The molecule has 0 bridgehead atoms. The van der Waals surface area contributed by atoms with Crippen LogP contribution in [-0.4, -0.2) is 34.2 Å². The topological polar surface area (TPSA) is 75.7 Å². The van der Waals surface area contributed by atoms with Crippen LogP contribution in [-0.2, 0) is 14.8 Å². The predicted octanol–water partition coefficient (Wildman–Crippen LogP) is 3.04. The van der Waals surface area contributed by atoms with E-state index < -0.39 is 10.0 Å². The van der Waals surface area contributed by atoms with E-state index in [1.54, 1.807) is 37.4 Å². The molecule has 7 heteroatoms. The minimum Gasteiger partial charge on any atom is -0.496 e. The molecule has 1 N–H and O–H groups in total. The molecule has 0 aliphatic rings. The number of aryl methyl sites for hydroxylation is 1. The first-order valence-electron chi connectivity index (χ1n) is 8.73. The Hall–Kier alpha value is -2.54. The second-order valence-electron chi connectivity index (χ2n) is 6.36. The minimum absolute atomic E-state index is 0.209. The van der Waals surface area contributed by atoms with Gasteiger partial charge in [0.05, 0.1) is 25.1 Å². The van der Waals surface area contributed by atoms with Gasteiger partial charge < -0.3 is 10.1 Å². The van der Waals surface area contributed by atoms with Crippen molar-refractivity contribution in [1.29, 1.82) is 0 Å². The number of benzene rings is 2. The summed E-state index contributed by atoms with van der Waals surface area (Å²) >= 11 is 0. The summed E-state index contributed by atoms with van der Waals surface area (Å²) in [5.74, 6) is 0.428. The first-order valence-corrected chi connectivity index (χ1v) is 10.6. The zero-order valence-electron chi connectivity index (χ0n) is 16.1. The van der Waals surface area contributed by atoms with Gasteiger partial charge in [-0.3, -0.25) is 9.10 Å². The first-order chi connectivity index (χ1) is 12.8. The number of rotatable bonds is 8. The molecule has 0 fully saturated rings. The molecule has 2 rings (SSSR count). The number of methoxy groups -OCH3 is 1. The van der Waals surface area contributed by atoms with Gasteiger partial charge in [0.2, 0.25) is 15.9 Å². The third-order valence-electron chi connectivity index (χ3n) is 4.30. The van der Waals surface area contributed by atoms with Crippen molar-refractivity contribution in [2.75, 3.05) is 24.2 Å². The standard InChI is InChI=1S/C20H26N2O4S/c1-5-18(16-11-12-19(26-3)15(2)13-16)21-20(23)14-22(27(4,24)25)17-9-7-6-8-10-17/h6-13,18H,5,14H2,1-4H3,(H,21,23)/t18-/m0/s1. The van der Waals surface area contributed by atoms with Crippen LogP contribution in [0, 0.1) is 6.92 Å². The van der Waals surface area contributed by atoms with Crippen LogP contribution in [0.4, 0.5) is 5.69 Å². The van der Waals surface area contributed by atoms with Crippen molar-refractivity contribution in [3.8, 4) is 5.75 Å². The number of anilines is 1. The summed E-state index contributed by atoms with van der Waals surface area (Å²) < 4.78 is 30.7. The van der Waals surface area contributed by atoms with Crippen molar-refractivity contribution in [3.63, 3.8) is 0 Å². The first kappa shape index (κ1) is 20.8. The highest BCUT2D eigenvalue weighted by Gasteiger charge is 2.22. The maximum atomic E-state index is 12.6. The number of para-hydroxylation sites is 1. The van der Waals surface area contributed by atoms with Gasteiger partial charge >= 0.3 is 0 Å². The Labute approximate surface area is 161 Å². The van der Waals surface area contributed by atoms with Crippen LogP contribution >= 0.6 is 0 Å². The van der Waals surface area contributed by atoms with Crippen LogP contribution in [0.25, 0.3) is 0 Å². The van der Waals surface area contributed by atoms with Crippen LogP contribution < -0.4 is 14.4 Å². The van der Waals surface area contributed by atoms with Gasteiger partial charge in [0.25, 0.3) is 0 Å². The Kier molecular flexibility index (Phi) is 6.85. The van der Waals surface area contributed by atoms with E-state index in [1.807, 2.05) is 32.0 Å². The molecule has 6 nitrogen and oxygen atoms in total. The van der Waals surface area contributed by atoms with Gasteiger partial charge in [-0.2, -0.15) is 0 Å². The highest BCUT2D eigenvalue weighted by atomic mass is 32.2. The molecule has 2 aromatic rings. The Morgan fingerprint density at radius 3 is 2.37 bits per heavy atom. The highest BCUT2D eigenvalue weighted by molar-refractivity contribution is 7.92. The average molecular weight is 391 g/mol. The van der Waals surface area contributed by atoms with E-state index in [4.69, 9.17) is 4.74 Å². The molecule has 0 heterocycles. The zero-order chi connectivity index (χ0) is 20.0. The van der Waals surface area contributed by atoms with Gasteiger partial charge in [0, 0.05) is 0 Å². The number of ether oxygens (including phenoxy) is 1. The van der Waals surface area contributed by atoms with Gasteiger partial charge in [-0.15, -0.1) is 0 Å². The van der Waals surface area contributed by atoms with Crippen molar-refractivity contribution in [1.82, 2.24) is 5.32 Å². The van der Waals surface area contributed by atoms with Gasteiger partial charge in [0.15, 0.2) is 0 Å². The van der Waals surface area contributed by atoms with E-state index in [-0.39, 0.29) is 18.5 Å². The molecule has 0 unspecified atom stereocenters. The third-order valence-corrected chi connectivity index (χ3v) is 5.44. The van der Waals surface area contributed by atoms with Crippen molar-refractivity contribution in [2.24, 2.45) is 0 Å². The lowest BCUT2D eigenvalue weighted by atomic mass is 10.0. The number of carbonyl (C=O) groups is 1. The molecule has 0 spiro atoms. The maximum absolute atomic E-state index is 12.6. The van der Waals surface area contributed by atoms with Gasteiger partial charge in [-0.05, 0) is 42.7 Å². The van der Waals surface area contributed by atoms with E-state index in [1.165, 1.54) is 0 Å². The zero-order valence-corrected chi connectivity index (χ0v) is 16.9. The van der Waals surface area contributed by atoms with E-state index in [0.717, 1.165) is 27.4 Å². The smallest absolute Gasteiger partial charge is 0.241 e. The number of hydrogen-bond acceptors (Lipinski definition) is 4. The summed E-state index contributed by atoms with van der Waals surface area (Å²) in [6.07, 6.45) is 1.78. The molecule has 0 saturated carbocycles. The second kappa shape index (κ2) is 8.90. The maximum Gasteiger partial charge on any atom is 0.241 e. The highest BCUT2D eigenvalue weighted by Crippen LogP contribution is 2.24. The molecule has 1 amide bonds. The fourth-order valence-corrected chi connectivity index (χ4v) is 3.76. The molecule has 146 valence electrons. The summed E-state index contributed by atoms with van der Waals surface area (Å²) in [6, 6.07) is 14.1. The molecule has 0 aromatic heterocycles. The fourth-order valence-electron chi connectivity index (χ4n) is 2.90. The van der Waals surface area contributed by atoms with Crippen molar-refractivity contribution >= 4 is 21.6 Å². The van der Waals surface area contributed by atoms with Crippen molar-refractivity contribution < 1.29 is 17.9 Å². The van der Waals surface area contributed by atoms with Crippen LogP contribution in [0.15, 0.2) is 48.5 Å². The van der Waals surface area contributed by atoms with Crippen LogP contribution in [0.3, 0.4) is 0 Å². The SMILES string of the molecule is CC[C@H](NC(=O)CN(c1ccccc1)S(C)(=O)=O)c1ccc(OC)c(C)c1. The predicted molar refractivity (Wildman–Crippen MR) is 108 cm³/mol. The van der Waals surface area contributed by atoms with Gasteiger partial charge in [-0.25, -0.2) is 8.42 Å². The quantitative estimate of drug-likeness (QED) is 0.752. The lowest BCUT2D eigenvalue weighted by Crippen LogP contribution is -2.41. The number of nitrogens with one attached hydrogen (secondary N) is 1. The van der Waals surface area contributed by atoms with Gasteiger partial charge in [-0.1, -0.05) is 37.3 Å². The Morgan fingerprint density at radius 2 is 1.85 bits per heavy atom. The molecule has 0 aliphatic carbocycles. The van der Waals surface area contributed by atoms with Crippen molar-refractivity contribution in [3.05, 3.63) is 59.7 Å². The minimum atomic E-state index is -3.58. The molecule has 1 atom stereocenters. The average Bonchev–Trinajstić information content (AvgIpc) is 2.64. The number of carbonyl (C=O) groups excluding carboxylic acids is 1. The normalized spacial score (nSPS) is 12.3. The molecule has 2 aromatic carbocycles. The monoisotopic (exact) mass is 390 g/mol. The van der Waals surface area contributed by atoms with Gasteiger partial charge in [0.1, 0.15) is 12.3 Å². The number of sulfonamides is 1. The van der Waals surface area contributed by atoms with E-state index in [0.29, 0.717) is 12.1 Å². The van der Waals surface area contributed by atoms with E-state index >= 15 is 0 Å². The summed E-state index contributed by atoms with van der Waals surface area (Å²) in [5.41, 5.74) is 2.39. The fraction of sp³-hybridized carbons (Fsp3) is 0.350. The molecular weight excluding hydrogens is 364 g/mol. The number of hydrogen-bond donors (Lipinski definition) is 1. The molecule has 0 radical (unpaired) electrons. The Bertz CT molecular complexity index is 882. The second-order valence-corrected chi connectivity index (χ2v) is 8.27. The van der Waals surface area contributed by atoms with E-state index in [9.17, 15) is 13.2 Å². The van der Waals surface area contributed by atoms with Crippen LogP contribution in [0.5, 0.6) is 5.75 Å². The molecule has 0 saturated heterocycles. The largest absolute Gasteiger partial charge is 0.496 e. The number of nitrogens with zero attached hydrogens (tertiary/aromatic N) is 1. The molecular formula is C20H26N2O4S.